The summed E-state index contributed by atoms with van der Waals surface area (Å²) in [7, 11) is 0. The zero-order chi connectivity index (χ0) is 17.9. The van der Waals surface area contributed by atoms with Crippen molar-refractivity contribution in [1.29, 1.82) is 0 Å². The number of benzene rings is 3. The molecular weight excluding hydrogens is 324 g/mol. The molecule has 0 spiro atoms. The van der Waals surface area contributed by atoms with Crippen LogP contribution in [0.4, 0.5) is 0 Å². The Morgan fingerprint density at radius 3 is 2.12 bits per heavy atom. The Bertz CT molecular complexity index is 1030. The lowest BCUT2D eigenvalue weighted by Gasteiger charge is -2.12. The van der Waals surface area contributed by atoms with Gasteiger partial charge in [0.25, 0.3) is 0 Å². The van der Waals surface area contributed by atoms with Crippen molar-refractivity contribution in [2.75, 3.05) is 0 Å². The van der Waals surface area contributed by atoms with E-state index in [4.69, 9.17) is 4.42 Å². The molecule has 26 heavy (non-hydrogen) atoms. The van der Waals surface area contributed by atoms with E-state index in [2.05, 4.69) is 0 Å². The minimum Gasteiger partial charge on any atom is -0.507 e. The van der Waals surface area contributed by atoms with Crippen LogP contribution in [0, 0.1) is 0 Å². The van der Waals surface area contributed by atoms with Crippen LogP contribution < -0.4 is 0 Å². The summed E-state index contributed by atoms with van der Waals surface area (Å²) in [4.78, 5) is 13.0. The summed E-state index contributed by atoms with van der Waals surface area (Å²) < 4.78 is 5.53. The molecule has 0 unspecified atom stereocenters. The van der Waals surface area contributed by atoms with Crippen LogP contribution in [-0.2, 0) is 0 Å². The molecule has 0 radical (unpaired) electrons. The van der Waals surface area contributed by atoms with E-state index in [-0.39, 0.29) is 17.1 Å². The van der Waals surface area contributed by atoms with Crippen LogP contribution in [0.2, 0.25) is 0 Å². The van der Waals surface area contributed by atoms with Crippen molar-refractivity contribution >= 4 is 5.78 Å². The van der Waals surface area contributed by atoms with Gasteiger partial charge in [-0.1, -0.05) is 60.7 Å². The number of carbonyl (C=O) groups excluding carboxylic acids is 1. The highest BCUT2D eigenvalue weighted by Gasteiger charge is 2.22. The lowest BCUT2D eigenvalue weighted by Crippen LogP contribution is -2.04. The highest BCUT2D eigenvalue weighted by molar-refractivity contribution is 6.14. The first kappa shape index (κ1) is 15.9. The Balaban J connectivity index is 1.93. The lowest BCUT2D eigenvalue weighted by molar-refractivity contribution is 0.103. The summed E-state index contributed by atoms with van der Waals surface area (Å²) in [6.45, 7) is 0. The summed E-state index contributed by atoms with van der Waals surface area (Å²) in [6, 6.07) is 25.7. The van der Waals surface area contributed by atoms with Crippen molar-refractivity contribution in [3.8, 4) is 28.2 Å². The SMILES string of the molecule is O=C(c1ccccc1)c1c(O)cc(-c2ccccc2)cc1-c1ccco1. The van der Waals surface area contributed by atoms with Gasteiger partial charge in [0.05, 0.1) is 11.8 Å². The molecule has 0 bridgehead atoms. The van der Waals surface area contributed by atoms with Crippen LogP contribution in [0.5, 0.6) is 5.75 Å². The molecule has 1 N–H and O–H groups in total. The normalized spacial score (nSPS) is 10.6. The maximum Gasteiger partial charge on any atom is 0.197 e. The average molecular weight is 340 g/mol. The average Bonchev–Trinajstić information content (AvgIpc) is 3.23. The van der Waals surface area contributed by atoms with Crippen LogP contribution in [0.1, 0.15) is 15.9 Å². The Labute approximate surface area is 151 Å². The largest absolute Gasteiger partial charge is 0.507 e. The van der Waals surface area contributed by atoms with Gasteiger partial charge >= 0.3 is 0 Å². The molecule has 0 aliphatic heterocycles. The topological polar surface area (TPSA) is 50.4 Å². The second-order valence-electron chi connectivity index (χ2n) is 5.96. The Morgan fingerprint density at radius 2 is 1.46 bits per heavy atom. The monoisotopic (exact) mass is 340 g/mol. The van der Waals surface area contributed by atoms with E-state index in [0.717, 1.165) is 11.1 Å². The van der Waals surface area contributed by atoms with E-state index in [0.29, 0.717) is 16.9 Å². The summed E-state index contributed by atoms with van der Waals surface area (Å²) in [5.74, 6) is 0.234. The Morgan fingerprint density at radius 1 is 0.769 bits per heavy atom. The molecule has 0 aliphatic rings. The van der Waals surface area contributed by atoms with Gasteiger partial charge in [-0.25, -0.2) is 0 Å². The van der Waals surface area contributed by atoms with Crippen molar-refractivity contribution < 1.29 is 14.3 Å². The third-order valence-electron chi connectivity index (χ3n) is 4.27. The number of hydrogen-bond acceptors (Lipinski definition) is 3. The fourth-order valence-electron chi connectivity index (χ4n) is 3.02. The standard InChI is InChI=1S/C23H16O3/c24-20-15-18(16-8-3-1-4-9-16)14-19(21-12-7-13-26-21)22(20)23(25)17-10-5-2-6-11-17/h1-15,24H. The molecule has 1 heterocycles. The van der Waals surface area contributed by atoms with Gasteiger partial charge in [0, 0.05) is 11.1 Å². The number of rotatable bonds is 4. The summed E-state index contributed by atoms with van der Waals surface area (Å²) in [5, 5.41) is 10.7. The second-order valence-corrected chi connectivity index (χ2v) is 5.96. The van der Waals surface area contributed by atoms with Crippen molar-refractivity contribution in [3.05, 3.63) is 102 Å². The third-order valence-corrected chi connectivity index (χ3v) is 4.27. The quantitative estimate of drug-likeness (QED) is 0.496. The second kappa shape index (κ2) is 6.73. The van der Waals surface area contributed by atoms with Crippen molar-refractivity contribution in [1.82, 2.24) is 0 Å². The van der Waals surface area contributed by atoms with Gasteiger partial charge in [0.2, 0.25) is 0 Å². The molecule has 0 atom stereocenters. The molecule has 1 aromatic heterocycles. The molecule has 3 heteroatoms. The van der Waals surface area contributed by atoms with Gasteiger partial charge in [-0.05, 0) is 35.4 Å². The van der Waals surface area contributed by atoms with E-state index in [1.165, 1.54) is 0 Å². The number of hydrogen-bond donors (Lipinski definition) is 1. The lowest BCUT2D eigenvalue weighted by atomic mass is 9.92. The smallest absolute Gasteiger partial charge is 0.197 e. The third kappa shape index (κ3) is 2.91. The van der Waals surface area contributed by atoms with Crippen LogP contribution in [-0.4, -0.2) is 10.9 Å². The van der Waals surface area contributed by atoms with E-state index < -0.39 is 0 Å². The molecule has 126 valence electrons. The zero-order valence-corrected chi connectivity index (χ0v) is 13.9. The Kier molecular flexibility index (Phi) is 4.12. The number of ketones is 1. The molecule has 0 saturated heterocycles. The minimum atomic E-state index is -0.242. The fourth-order valence-corrected chi connectivity index (χ4v) is 3.02. The highest BCUT2D eigenvalue weighted by Crippen LogP contribution is 2.37. The molecule has 3 nitrogen and oxygen atoms in total. The number of phenolic OH excluding ortho intramolecular Hbond substituents is 1. The van der Waals surface area contributed by atoms with Gasteiger partial charge < -0.3 is 9.52 Å². The van der Waals surface area contributed by atoms with E-state index in [9.17, 15) is 9.90 Å². The predicted molar refractivity (Wildman–Crippen MR) is 101 cm³/mol. The van der Waals surface area contributed by atoms with E-state index in [1.54, 1.807) is 48.7 Å². The summed E-state index contributed by atoms with van der Waals surface area (Å²) in [6.07, 6.45) is 1.55. The highest BCUT2D eigenvalue weighted by atomic mass is 16.3. The molecule has 0 fully saturated rings. The summed E-state index contributed by atoms with van der Waals surface area (Å²) in [5.41, 5.74) is 3.10. The first-order valence-corrected chi connectivity index (χ1v) is 8.30. The van der Waals surface area contributed by atoms with Gasteiger partial charge in [0.1, 0.15) is 11.5 Å². The van der Waals surface area contributed by atoms with Crippen molar-refractivity contribution in [2.24, 2.45) is 0 Å². The first-order valence-electron chi connectivity index (χ1n) is 8.30. The van der Waals surface area contributed by atoms with Crippen LogP contribution in [0.15, 0.2) is 95.6 Å². The number of phenols is 1. The molecule has 4 aromatic rings. The van der Waals surface area contributed by atoms with E-state index >= 15 is 0 Å². The Hall–Kier alpha value is -3.59. The van der Waals surface area contributed by atoms with Gasteiger partial charge in [-0.15, -0.1) is 0 Å². The zero-order valence-electron chi connectivity index (χ0n) is 13.9. The molecule has 4 rings (SSSR count). The number of aromatic hydroxyl groups is 1. The minimum absolute atomic E-state index is 0.0633. The maximum atomic E-state index is 13.0. The van der Waals surface area contributed by atoms with Gasteiger partial charge in [-0.2, -0.15) is 0 Å². The van der Waals surface area contributed by atoms with Crippen LogP contribution in [0.3, 0.4) is 0 Å². The van der Waals surface area contributed by atoms with Gasteiger partial charge in [0.15, 0.2) is 5.78 Å². The van der Waals surface area contributed by atoms with Crippen LogP contribution >= 0.6 is 0 Å². The summed E-state index contributed by atoms with van der Waals surface area (Å²) >= 11 is 0. The maximum absolute atomic E-state index is 13.0. The van der Waals surface area contributed by atoms with Crippen molar-refractivity contribution in [3.63, 3.8) is 0 Å². The van der Waals surface area contributed by atoms with Gasteiger partial charge in [-0.3, -0.25) is 4.79 Å². The molecular formula is C23H16O3. The van der Waals surface area contributed by atoms with Crippen LogP contribution in [0.25, 0.3) is 22.5 Å². The number of carbonyl (C=O) groups is 1. The first-order chi connectivity index (χ1) is 12.7. The fraction of sp³-hybridized carbons (Fsp3) is 0. The van der Waals surface area contributed by atoms with Crippen molar-refractivity contribution in [2.45, 2.75) is 0 Å². The molecule has 3 aromatic carbocycles. The molecule has 0 amide bonds. The molecule has 0 aliphatic carbocycles. The molecule has 0 saturated carbocycles. The predicted octanol–water partition coefficient (Wildman–Crippen LogP) is 5.55. The van der Waals surface area contributed by atoms with E-state index in [1.807, 2.05) is 42.5 Å². The number of furan rings is 1.